The molecule has 0 aromatic rings. The zero-order valence-corrected chi connectivity index (χ0v) is 6.55. The van der Waals surface area contributed by atoms with Crippen LogP contribution >= 0.6 is 0 Å². The second-order valence-corrected chi connectivity index (χ2v) is 6.46. The van der Waals surface area contributed by atoms with Crippen molar-refractivity contribution in [3.8, 4) is 0 Å². The van der Waals surface area contributed by atoms with E-state index in [1.165, 1.54) is 0 Å². The lowest BCUT2D eigenvalue weighted by molar-refractivity contribution is -0.0661. The second kappa shape index (κ2) is 3.04. The molecule has 0 nitrogen and oxygen atoms in total. The molecular weight excluding hydrogens is 190 g/mol. The van der Waals surface area contributed by atoms with E-state index in [4.69, 9.17) is 0 Å². The van der Waals surface area contributed by atoms with Gasteiger partial charge in [0.15, 0.2) is 0 Å². The van der Waals surface area contributed by atoms with Crippen LogP contribution in [0.1, 0.15) is 0 Å². The molecule has 0 aliphatic heterocycles. The van der Waals surface area contributed by atoms with Crippen molar-refractivity contribution >= 4 is 8.07 Å². The first-order chi connectivity index (χ1) is 4.75. The lowest BCUT2D eigenvalue weighted by Gasteiger charge is -2.24. The molecule has 0 aromatic heterocycles. The van der Waals surface area contributed by atoms with E-state index in [1.54, 1.807) is 0 Å². The van der Waals surface area contributed by atoms with E-state index < -0.39 is 26.2 Å². The van der Waals surface area contributed by atoms with Gasteiger partial charge in [-0.25, -0.2) is 8.78 Å². The molecule has 1 unspecified atom stereocenters. The van der Waals surface area contributed by atoms with Gasteiger partial charge in [-0.2, -0.15) is 13.2 Å². The quantitative estimate of drug-likeness (QED) is 0.470. The van der Waals surface area contributed by atoms with Crippen LogP contribution in [0.2, 0.25) is 6.55 Å². The number of hydrogen-bond donors (Lipinski definition) is 0. The number of rotatable bonds is 2. The van der Waals surface area contributed by atoms with E-state index in [-0.39, 0.29) is 6.55 Å². The van der Waals surface area contributed by atoms with Gasteiger partial charge in [-0.05, 0) is 0 Å². The smallest absolute Gasteiger partial charge is 0.254 e. The Hall–Kier alpha value is -0.203. The van der Waals surface area contributed by atoms with Gasteiger partial charge in [0.2, 0.25) is 6.05 Å². The number of hydrogen-bond acceptors (Lipinski definition) is 0. The first-order valence-electron chi connectivity index (χ1n) is 2.66. The minimum Gasteiger partial charge on any atom is -0.254 e. The molecule has 0 N–H and O–H groups in total. The summed E-state index contributed by atoms with van der Waals surface area (Å²) in [7, 11) is -5.00. The van der Waals surface area contributed by atoms with Gasteiger partial charge in [-0.3, -0.25) is 4.39 Å². The van der Waals surface area contributed by atoms with Crippen LogP contribution in [0.4, 0.5) is 26.3 Å². The highest BCUT2D eigenvalue weighted by molar-refractivity contribution is 6.81. The van der Waals surface area contributed by atoms with E-state index in [2.05, 4.69) is 0 Å². The molecule has 7 heteroatoms. The average Bonchev–Trinajstić information content (AvgIpc) is 1.83. The highest BCUT2D eigenvalue weighted by atomic mass is 28.3. The van der Waals surface area contributed by atoms with Crippen molar-refractivity contribution in [1.29, 1.82) is 0 Å². The fraction of sp³-hybridized carbons (Fsp3) is 1.00. The normalized spacial score (nSPS) is 18.5. The van der Waals surface area contributed by atoms with Crippen molar-refractivity contribution in [2.45, 2.75) is 18.4 Å². The summed E-state index contributed by atoms with van der Waals surface area (Å²) in [4.78, 5) is 0. The SMILES string of the molecule is C[Si](CF)(C(F)F)C(F)(F)F. The summed E-state index contributed by atoms with van der Waals surface area (Å²) in [6.45, 7) is 0.289. The third kappa shape index (κ3) is 1.88. The fourth-order valence-corrected chi connectivity index (χ4v) is 0.773. The zero-order chi connectivity index (χ0) is 9.28. The Morgan fingerprint density at radius 1 is 1.27 bits per heavy atom. The lowest BCUT2D eigenvalue weighted by atomic mass is 11.5. The van der Waals surface area contributed by atoms with Crippen molar-refractivity contribution < 1.29 is 26.3 Å². The van der Waals surface area contributed by atoms with Gasteiger partial charge in [-0.15, -0.1) is 0 Å². The average molecular weight is 196 g/mol. The highest BCUT2D eigenvalue weighted by Gasteiger charge is 2.61. The Kier molecular flexibility index (Phi) is 2.98. The van der Waals surface area contributed by atoms with Crippen molar-refractivity contribution in [2.75, 3.05) is 6.30 Å². The molecule has 1 atom stereocenters. The largest absolute Gasteiger partial charge is 0.370 e. The summed E-state index contributed by atoms with van der Waals surface area (Å²) in [5.41, 5.74) is 0. The topological polar surface area (TPSA) is 0 Å². The van der Waals surface area contributed by atoms with Gasteiger partial charge >= 0.3 is 5.80 Å². The summed E-state index contributed by atoms with van der Waals surface area (Å²) in [6.07, 6.45) is -1.96. The van der Waals surface area contributed by atoms with Crippen LogP contribution in [0.5, 0.6) is 0 Å². The predicted octanol–water partition coefficient (Wildman–Crippen LogP) is 2.48. The second-order valence-electron chi connectivity index (χ2n) is 2.35. The Labute approximate surface area is 60.2 Å². The maximum Gasteiger partial charge on any atom is 0.370 e. The third-order valence-electron chi connectivity index (χ3n) is 1.41. The van der Waals surface area contributed by atoms with Crippen LogP contribution in [-0.2, 0) is 0 Å². The Balaban J connectivity index is 4.61. The molecule has 68 valence electrons. The van der Waals surface area contributed by atoms with Gasteiger partial charge in [0.05, 0.1) is 6.30 Å². The molecular formula is C4H6F6Si. The first-order valence-corrected chi connectivity index (χ1v) is 5.45. The van der Waals surface area contributed by atoms with Gasteiger partial charge in [-0.1, -0.05) is 6.55 Å². The van der Waals surface area contributed by atoms with Crippen molar-refractivity contribution in [3.05, 3.63) is 0 Å². The monoisotopic (exact) mass is 196 g/mol. The maximum atomic E-state index is 11.7. The molecule has 0 rings (SSSR count). The lowest BCUT2D eigenvalue weighted by Crippen LogP contribution is -2.56. The summed E-state index contributed by atoms with van der Waals surface area (Å²) in [6, 6.07) is -3.59. The minimum absolute atomic E-state index is 0.289. The van der Waals surface area contributed by atoms with Gasteiger partial charge in [0.1, 0.15) is 0 Å². The van der Waals surface area contributed by atoms with Crippen LogP contribution in [0.15, 0.2) is 0 Å². The highest BCUT2D eigenvalue weighted by Crippen LogP contribution is 2.33. The van der Waals surface area contributed by atoms with Crippen molar-refractivity contribution in [1.82, 2.24) is 0 Å². The molecule has 0 bridgehead atoms. The third-order valence-corrected chi connectivity index (χ3v) is 4.22. The van der Waals surface area contributed by atoms with Gasteiger partial charge in [0, 0.05) is 0 Å². The summed E-state index contributed by atoms with van der Waals surface area (Å²) >= 11 is 0. The molecule has 11 heavy (non-hydrogen) atoms. The van der Waals surface area contributed by atoms with E-state index in [0.717, 1.165) is 0 Å². The summed E-state index contributed by atoms with van der Waals surface area (Å²) in [5, 5.41) is 0. The van der Waals surface area contributed by atoms with Gasteiger partial charge in [0.25, 0.3) is 8.07 Å². The Morgan fingerprint density at radius 3 is 1.64 bits per heavy atom. The maximum absolute atomic E-state index is 11.7. The van der Waals surface area contributed by atoms with Crippen LogP contribution < -0.4 is 0 Å². The van der Waals surface area contributed by atoms with E-state index in [0.29, 0.717) is 0 Å². The van der Waals surface area contributed by atoms with Crippen molar-refractivity contribution in [3.63, 3.8) is 0 Å². The van der Waals surface area contributed by atoms with Gasteiger partial charge < -0.3 is 0 Å². The standard InChI is InChI=1S/C4H6F6Si/c1-11(2-5,3(6)7)4(8,9)10/h3H,2H2,1H3. The molecule has 0 aliphatic rings. The molecule has 0 fully saturated rings. The van der Waals surface area contributed by atoms with Crippen LogP contribution in [-0.4, -0.2) is 26.2 Å². The molecule has 0 radical (unpaired) electrons. The molecule has 0 aromatic carbocycles. The van der Waals surface area contributed by atoms with Crippen LogP contribution in [0.25, 0.3) is 0 Å². The molecule has 0 aliphatic carbocycles. The van der Waals surface area contributed by atoms with E-state index in [9.17, 15) is 26.3 Å². The van der Waals surface area contributed by atoms with E-state index >= 15 is 0 Å². The number of alkyl halides is 6. The fourth-order valence-electron chi connectivity index (χ4n) is 0.258. The zero-order valence-electron chi connectivity index (χ0n) is 5.55. The predicted molar refractivity (Wildman–Crippen MR) is 29.7 cm³/mol. The molecule has 0 saturated carbocycles. The van der Waals surface area contributed by atoms with Crippen molar-refractivity contribution in [2.24, 2.45) is 0 Å². The van der Waals surface area contributed by atoms with Crippen LogP contribution in [0, 0.1) is 0 Å². The summed E-state index contributed by atoms with van der Waals surface area (Å²) in [5.74, 6) is -5.06. The summed E-state index contributed by atoms with van der Waals surface area (Å²) < 4.78 is 70.1. The molecule has 0 heterocycles. The van der Waals surface area contributed by atoms with E-state index in [1.807, 2.05) is 0 Å². The number of halogens is 6. The first kappa shape index (κ1) is 10.8. The van der Waals surface area contributed by atoms with Crippen LogP contribution in [0.3, 0.4) is 0 Å². The molecule has 0 spiro atoms. The molecule has 0 saturated heterocycles. The Bertz CT molecular complexity index is 131. The minimum atomic E-state index is -5.06. The molecule has 0 amide bonds. The Morgan fingerprint density at radius 2 is 1.64 bits per heavy atom.